The number of halogens is 1. The molecule has 0 heterocycles. The summed E-state index contributed by atoms with van der Waals surface area (Å²) in [4.78, 5) is 11.6. The van der Waals surface area contributed by atoms with Crippen LogP contribution in [-0.2, 0) is 16.1 Å². The molecule has 0 amide bonds. The number of hydrogen-bond acceptors (Lipinski definition) is 4. The molecule has 1 aromatic rings. The van der Waals surface area contributed by atoms with Crippen molar-refractivity contribution in [3.05, 3.63) is 35.1 Å². The van der Waals surface area contributed by atoms with Crippen LogP contribution in [-0.4, -0.2) is 18.8 Å². The van der Waals surface area contributed by atoms with Gasteiger partial charge < -0.3 is 4.74 Å². The van der Waals surface area contributed by atoms with Crippen molar-refractivity contribution in [1.82, 2.24) is 4.72 Å². The number of esters is 1. The van der Waals surface area contributed by atoms with Crippen LogP contribution in [0.4, 0.5) is 4.39 Å². The second-order valence-electron chi connectivity index (χ2n) is 3.85. The van der Waals surface area contributed by atoms with E-state index < -0.39 is 5.92 Å². The fourth-order valence-electron chi connectivity index (χ4n) is 1.53. The van der Waals surface area contributed by atoms with Gasteiger partial charge in [0.25, 0.3) is 0 Å². The van der Waals surface area contributed by atoms with E-state index in [9.17, 15) is 9.18 Å². The third kappa shape index (κ3) is 3.99. The van der Waals surface area contributed by atoms with Crippen molar-refractivity contribution in [2.24, 2.45) is 0 Å². The lowest BCUT2D eigenvalue weighted by atomic mass is 9.99. The molecule has 1 rings (SSSR count). The zero-order chi connectivity index (χ0) is 13.5. The molecule has 0 spiro atoms. The van der Waals surface area contributed by atoms with Crippen LogP contribution in [0.2, 0.25) is 0 Å². The molecule has 0 aliphatic heterocycles. The van der Waals surface area contributed by atoms with Crippen LogP contribution in [0.5, 0.6) is 0 Å². The Morgan fingerprint density at radius 1 is 1.56 bits per heavy atom. The van der Waals surface area contributed by atoms with Gasteiger partial charge in [-0.15, -0.1) is 0 Å². The molecule has 0 saturated carbocycles. The van der Waals surface area contributed by atoms with E-state index >= 15 is 0 Å². The molecule has 1 unspecified atom stereocenters. The summed E-state index contributed by atoms with van der Waals surface area (Å²) in [7, 11) is 0. The first-order chi connectivity index (χ1) is 8.60. The highest BCUT2D eigenvalue weighted by Gasteiger charge is 2.17. The van der Waals surface area contributed by atoms with Gasteiger partial charge in [-0.3, -0.25) is 9.52 Å². The van der Waals surface area contributed by atoms with Gasteiger partial charge in [0.2, 0.25) is 0 Å². The molecule has 1 N–H and O–H groups in total. The summed E-state index contributed by atoms with van der Waals surface area (Å²) in [5.41, 5.74) is 1.23. The highest BCUT2D eigenvalue weighted by molar-refractivity contribution is 7.96. The number of carbonyl (C=O) groups excluding carboxylic acids is 1. The van der Waals surface area contributed by atoms with Gasteiger partial charge in [-0.05, 0) is 31.7 Å². The maximum absolute atomic E-state index is 13.8. The molecular formula is C13H18FNO2S. The molecule has 3 nitrogen and oxygen atoms in total. The minimum absolute atomic E-state index is 0.301. The molecule has 0 fully saturated rings. The minimum atomic E-state index is -0.443. The van der Waals surface area contributed by atoms with Crippen LogP contribution in [0.3, 0.4) is 0 Å². The molecule has 0 saturated heterocycles. The molecular weight excluding hydrogens is 253 g/mol. The van der Waals surface area contributed by atoms with E-state index in [1.54, 1.807) is 26.0 Å². The standard InChI is InChI=1S/C13H18FNO2S/c1-4-17-13(16)9(2)10-5-6-11(8-15-18-3)12(14)7-10/h5-7,9,15H,4,8H2,1-3H3. The molecule has 0 aliphatic carbocycles. The van der Waals surface area contributed by atoms with Crippen molar-refractivity contribution >= 4 is 17.9 Å². The molecule has 1 aromatic carbocycles. The van der Waals surface area contributed by atoms with Crippen molar-refractivity contribution in [1.29, 1.82) is 0 Å². The summed E-state index contributed by atoms with van der Waals surface area (Å²) < 4.78 is 21.7. The van der Waals surface area contributed by atoms with E-state index in [4.69, 9.17) is 4.74 Å². The summed E-state index contributed by atoms with van der Waals surface area (Å²) in [6.07, 6.45) is 1.88. The van der Waals surface area contributed by atoms with Crippen molar-refractivity contribution in [2.45, 2.75) is 26.3 Å². The quantitative estimate of drug-likeness (QED) is 0.638. The SMILES string of the molecule is CCOC(=O)C(C)c1ccc(CNSC)c(F)c1. The largest absolute Gasteiger partial charge is 0.466 e. The van der Waals surface area contributed by atoms with Crippen molar-refractivity contribution in [2.75, 3.05) is 12.9 Å². The van der Waals surface area contributed by atoms with E-state index in [1.807, 2.05) is 6.26 Å². The van der Waals surface area contributed by atoms with Gasteiger partial charge in [-0.1, -0.05) is 24.1 Å². The zero-order valence-electron chi connectivity index (χ0n) is 10.8. The smallest absolute Gasteiger partial charge is 0.313 e. The van der Waals surface area contributed by atoms with E-state index in [2.05, 4.69) is 4.72 Å². The lowest BCUT2D eigenvalue weighted by Gasteiger charge is -2.12. The Hall–Kier alpha value is -1.07. The zero-order valence-corrected chi connectivity index (χ0v) is 11.6. The summed E-state index contributed by atoms with van der Waals surface area (Å²) in [6, 6.07) is 4.87. The average Bonchev–Trinajstić information content (AvgIpc) is 2.36. The number of rotatable bonds is 6. The van der Waals surface area contributed by atoms with Crippen molar-refractivity contribution < 1.29 is 13.9 Å². The number of nitrogens with one attached hydrogen (secondary N) is 1. The van der Waals surface area contributed by atoms with Crippen LogP contribution in [0.15, 0.2) is 18.2 Å². The third-order valence-electron chi connectivity index (χ3n) is 2.62. The molecule has 5 heteroatoms. The normalized spacial score (nSPS) is 12.2. The topological polar surface area (TPSA) is 38.3 Å². The Morgan fingerprint density at radius 2 is 2.28 bits per heavy atom. The molecule has 0 bridgehead atoms. The summed E-state index contributed by atoms with van der Waals surface area (Å²) in [6.45, 7) is 4.26. The summed E-state index contributed by atoms with van der Waals surface area (Å²) >= 11 is 1.44. The molecule has 1 atom stereocenters. The maximum atomic E-state index is 13.8. The predicted molar refractivity (Wildman–Crippen MR) is 71.8 cm³/mol. The van der Waals surface area contributed by atoms with Crippen LogP contribution >= 0.6 is 11.9 Å². The number of carbonyl (C=O) groups is 1. The Balaban J connectivity index is 2.80. The second kappa shape index (κ2) is 7.38. The highest BCUT2D eigenvalue weighted by atomic mass is 32.2. The monoisotopic (exact) mass is 271 g/mol. The first kappa shape index (κ1) is 15.0. The van der Waals surface area contributed by atoms with Gasteiger partial charge in [-0.2, -0.15) is 0 Å². The van der Waals surface area contributed by atoms with Crippen LogP contribution in [0.1, 0.15) is 30.9 Å². The Kier molecular flexibility index (Phi) is 6.15. The Bertz CT molecular complexity index is 412. The van der Waals surface area contributed by atoms with Crippen molar-refractivity contribution in [3.8, 4) is 0 Å². The van der Waals surface area contributed by atoms with Crippen LogP contribution in [0, 0.1) is 5.82 Å². The van der Waals surface area contributed by atoms with Gasteiger partial charge in [0.05, 0.1) is 12.5 Å². The van der Waals surface area contributed by atoms with Crippen LogP contribution < -0.4 is 4.72 Å². The first-order valence-electron chi connectivity index (χ1n) is 5.81. The third-order valence-corrected chi connectivity index (χ3v) is 3.06. The van der Waals surface area contributed by atoms with E-state index in [0.717, 1.165) is 0 Å². The Labute approximate surface area is 111 Å². The molecule has 18 heavy (non-hydrogen) atoms. The average molecular weight is 271 g/mol. The maximum Gasteiger partial charge on any atom is 0.313 e. The fourth-order valence-corrected chi connectivity index (χ4v) is 1.83. The van der Waals surface area contributed by atoms with Gasteiger partial charge in [-0.25, -0.2) is 4.39 Å². The van der Waals surface area contributed by atoms with Crippen molar-refractivity contribution in [3.63, 3.8) is 0 Å². The number of ether oxygens (including phenoxy) is 1. The van der Waals surface area contributed by atoms with E-state index in [1.165, 1.54) is 18.0 Å². The minimum Gasteiger partial charge on any atom is -0.466 e. The van der Waals surface area contributed by atoms with E-state index in [0.29, 0.717) is 24.3 Å². The van der Waals surface area contributed by atoms with Gasteiger partial charge >= 0.3 is 5.97 Å². The lowest BCUT2D eigenvalue weighted by molar-refractivity contribution is -0.144. The highest BCUT2D eigenvalue weighted by Crippen LogP contribution is 2.20. The summed E-state index contributed by atoms with van der Waals surface area (Å²) in [5, 5.41) is 0. The van der Waals surface area contributed by atoms with Gasteiger partial charge in [0, 0.05) is 12.1 Å². The number of hydrogen-bond donors (Lipinski definition) is 1. The first-order valence-corrected chi connectivity index (χ1v) is 7.03. The Morgan fingerprint density at radius 3 is 2.83 bits per heavy atom. The lowest BCUT2D eigenvalue weighted by Crippen LogP contribution is -2.13. The molecule has 0 radical (unpaired) electrons. The van der Waals surface area contributed by atoms with Gasteiger partial charge in [0.15, 0.2) is 0 Å². The van der Waals surface area contributed by atoms with Crippen LogP contribution in [0.25, 0.3) is 0 Å². The van der Waals surface area contributed by atoms with Gasteiger partial charge in [0.1, 0.15) is 5.82 Å². The summed E-state index contributed by atoms with van der Waals surface area (Å²) in [5.74, 6) is -1.07. The molecule has 0 aromatic heterocycles. The van der Waals surface area contributed by atoms with E-state index in [-0.39, 0.29) is 11.8 Å². The fraction of sp³-hybridized carbons (Fsp3) is 0.462. The molecule has 0 aliphatic rings. The second-order valence-corrected chi connectivity index (χ2v) is 4.55. The predicted octanol–water partition coefficient (Wildman–Crippen LogP) is 2.86. The molecule has 100 valence electrons. The number of benzene rings is 1.